The molecule has 0 spiro atoms. The highest BCUT2D eigenvalue weighted by molar-refractivity contribution is 7.13. The summed E-state index contributed by atoms with van der Waals surface area (Å²) in [6.07, 6.45) is 4.99. The Morgan fingerprint density at radius 3 is 3.09 bits per heavy atom. The van der Waals surface area contributed by atoms with Crippen molar-refractivity contribution in [1.29, 1.82) is 0 Å². The molecule has 4 aromatic rings. The van der Waals surface area contributed by atoms with E-state index < -0.39 is 0 Å². The Balaban J connectivity index is 1.71. The molecule has 3 heterocycles. The lowest BCUT2D eigenvalue weighted by Crippen LogP contribution is -2.13. The summed E-state index contributed by atoms with van der Waals surface area (Å²) in [7, 11) is 1.87. The first-order valence-electron chi connectivity index (χ1n) is 6.88. The van der Waals surface area contributed by atoms with Gasteiger partial charge in [0.1, 0.15) is 10.7 Å². The molecule has 114 valence electrons. The van der Waals surface area contributed by atoms with Gasteiger partial charge in [-0.05, 0) is 12.1 Å². The Labute approximate surface area is 135 Å². The Morgan fingerprint density at radius 1 is 1.35 bits per heavy atom. The number of para-hydroxylation sites is 1. The molecule has 0 aliphatic heterocycles. The summed E-state index contributed by atoms with van der Waals surface area (Å²) in [5.41, 5.74) is 3.44. The maximum atomic E-state index is 12.7. The summed E-state index contributed by atoms with van der Waals surface area (Å²) >= 11 is 1.48. The third kappa shape index (κ3) is 2.29. The molecule has 0 bridgehead atoms. The van der Waals surface area contributed by atoms with E-state index in [1.165, 1.54) is 11.3 Å². The highest BCUT2D eigenvalue weighted by Crippen LogP contribution is 2.27. The van der Waals surface area contributed by atoms with Crippen LogP contribution < -0.4 is 5.32 Å². The van der Waals surface area contributed by atoms with Crippen molar-refractivity contribution >= 4 is 34.0 Å². The number of nitrogens with zero attached hydrogens (tertiary/aromatic N) is 4. The van der Waals surface area contributed by atoms with Crippen LogP contribution in [0.3, 0.4) is 0 Å². The smallest absolute Gasteiger partial charge is 0.257 e. The first kappa shape index (κ1) is 13.6. The zero-order valence-corrected chi connectivity index (χ0v) is 13.0. The van der Waals surface area contributed by atoms with Crippen LogP contribution in [0.25, 0.3) is 21.7 Å². The van der Waals surface area contributed by atoms with Crippen LogP contribution in [-0.2, 0) is 7.05 Å². The SMILES string of the molecule is Cn1cnc2cccc(C(=O)Nc3cn[nH]c3-c3nccs3)c21. The number of amides is 1. The van der Waals surface area contributed by atoms with Crippen molar-refractivity contribution in [3.8, 4) is 10.7 Å². The number of H-pyrrole nitrogens is 1. The number of fused-ring (bicyclic) bond motifs is 1. The van der Waals surface area contributed by atoms with Gasteiger partial charge in [-0.2, -0.15) is 5.10 Å². The van der Waals surface area contributed by atoms with Gasteiger partial charge in [0.15, 0.2) is 0 Å². The summed E-state index contributed by atoms with van der Waals surface area (Å²) in [6, 6.07) is 5.48. The van der Waals surface area contributed by atoms with E-state index in [9.17, 15) is 4.79 Å². The summed E-state index contributed by atoms with van der Waals surface area (Å²) in [5.74, 6) is -0.210. The van der Waals surface area contributed by atoms with E-state index in [-0.39, 0.29) is 5.91 Å². The highest BCUT2D eigenvalue weighted by Gasteiger charge is 2.17. The Morgan fingerprint density at radius 2 is 2.26 bits per heavy atom. The zero-order chi connectivity index (χ0) is 15.8. The minimum atomic E-state index is -0.210. The summed E-state index contributed by atoms with van der Waals surface area (Å²) in [6.45, 7) is 0. The first-order chi connectivity index (χ1) is 11.2. The average Bonchev–Trinajstić information content (AvgIpc) is 3.28. The van der Waals surface area contributed by atoms with Crippen LogP contribution in [0.1, 0.15) is 10.4 Å². The number of aromatic amines is 1. The van der Waals surface area contributed by atoms with Crippen molar-refractivity contribution in [2.45, 2.75) is 0 Å². The number of benzene rings is 1. The highest BCUT2D eigenvalue weighted by atomic mass is 32.1. The van der Waals surface area contributed by atoms with Crippen LogP contribution in [0, 0.1) is 0 Å². The number of carbonyl (C=O) groups is 1. The van der Waals surface area contributed by atoms with Crippen molar-refractivity contribution in [3.05, 3.63) is 47.9 Å². The standard InChI is InChI=1S/C15H12N6OS/c1-21-8-17-10-4-2-3-9(13(10)21)14(22)19-11-7-18-20-12(11)15-16-5-6-23-15/h2-8H,1H3,(H,18,20)(H,19,22). The van der Waals surface area contributed by atoms with Gasteiger partial charge >= 0.3 is 0 Å². The molecule has 0 aliphatic carbocycles. The Bertz CT molecular complexity index is 985. The summed E-state index contributed by atoms with van der Waals surface area (Å²) in [5, 5.41) is 12.4. The van der Waals surface area contributed by atoms with Crippen LogP contribution in [0.4, 0.5) is 5.69 Å². The number of carbonyl (C=O) groups excluding carboxylic acids is 1. The number of anilines is 1. The number of thiazole rings is 1. The minimum absolute atomic E-state index is 0.210. The van der Waals surface area contributed by atoms with Crippen LogP contribution >= 0.6 is 11.3 Å². The quantitative estimate of drug-likeness (QED) is 0.606. The van der Waals surface area contributed by atoms with E-state index in [2.05, 4.69) is 25.5 Å². The molecule has 0 unspecified atom stereocenters. The molecule has 1 amide bonds. The fourth-order valence-corrected chi connectivity index (χ4v) is 3.12. The zero-order valence-electron chi connectivity index (χ0n) is 12.1. The van der Waals surface area contributed by atoms with E-state index >= 15 is 0 Å². The van der Waals surface area contributed by atoms with Crippen LogP contribution in [-0.4, -0.2) is 30.6 Å². The number of hydrogen-bond acceptors (Lipinski definition) is 5. The molecule has 0 aliphatic rings. The van der Waals surface area contributed by atoms with Gasteiger partial charge in [0.05, 0.1) is 34.8 Å². The predicted octanol–water partition coefficient (Wildman–Crippen LogP) is 2.67. The van der Waals surface area contributed by atoms with Crippen molar-refractivity contribution in [2.75, 3.05) is 5.32 Å². The van der Waals surface area contributed by atoms with Crippen molar-refractivity contribution in [1.82, 2.24) is 24.7 Å². The van der Waals surface area contributed by atoms with Gasteiger partial charge in [0.2, 0.25) is 0 Å². The molecule has 2 N–H and O–H groups in total. The molecule has 23 heavy (non-hydrogen) atoms. The van der Waals surface area contributed by atoms with Crippen molar-refractivity contribution in [2.24, 2.45) is 7.05 Å². The third-order valence-electron chi connectivity index (χ3n) is 3.52. The normalized spacial score (nSPS) is 11.0. The van der Waals surface area contributed by atoms with Crippen LogP contribution in [0.5, 0.6) is 0 Å². The molecule has 7 nitrogen and oxygen atoms in total. The van der Waals surface area contributed by atoms with Gasteiger partial charge in [0.25, 0.3) is 5.91 Å². The topological polar surface area (TPSA) is 88.5 Å². The van der Waals surface area contributed by atoms with Gasteiger partial charge in [-0.3, -0.25) is 9.89 Å². The van der Waals surface area contributed by atoms with Crippen molar-refractivity contribution < 1.29 is 4.79 Å². The lowest BCUT2D eigenvalue weighted by molar-refractivity contribution is 0.102. The fourth-order valence-electron chi connectivity index (χ4n) is 2.48. The number of aryl methyl sites for hydroxylation is 1. The molecule has 4 rings (SSSR count). The van der Waals surface area contributed by atoms with E-state index in [4.69, 9.17) is 0 Å². The van der Waals surface area contributed by atoms with Crippen LogP contribution in [0.2, 0.25) is 0 Å². The summed E-state index contributed by atoms with van der Waals surface area (Å²) in [4.78, 5) is 21.2. The molecule has 0 saturated carbocycles. The van der Waals surface area contributed by atoms with E-state index in [0.29, 0.717) is 16.9 Å². The molecule has 1 aromatic carbocycles. The van der Waals surface area contributed by atoms with Gasteiger partial charge in [0, 0.05) is 18.6 Å². The lowest BCUT2D eigenvalue weighted by Gasteiger charge is -2.07. The molecule has 0 fully saturated rings. The number of rotatable bonds is 3. The largest absolute Gasteiger partial charge is 0.333 e. The summed E-state index contributed by atoms with van der Waals surface area (Å²) < 4.78 is 1.83. The van der Waals surface area contributed by atoms with E-state index in [1.54, 1.807) is 24.8 Å². The Kier molecular flexibility index (Phi) is 3.16. The molecule has 0 saturated heterocycles. The minimum Gasteiger partial charge on any atom is -0.333 e. The van der Waals surface area contributed by atoms with E-state index in [1.807, 2.05) is 29.1 Å². The molecule has 0 radical (unpaired) electrons. The number of imidazole rings is 1. The molecular formula is C15H12N6OS. The molecular weight excluding hydrogens is 312 g/mol. The van der Waals surface area contributed by atoms with Crippen LogP contribution in [0.15, 0.2) is 42.3 Å². The number of nitrogens with one attached hydrogen (secondary N) is 2. The van der Waals surface area contributed by atoms with Gasteiger partial charge in [-0.25, -0.2) is 9.97 Å². The fraction of sp³-hybridized carbons (Fsp3) is 0.0667. The molecule has 8 heteroatoms. The van der Waals surface area contributed by atoms with Gasteiger partial charge in [-0.15, -0.1) is 11.3 Å². The maximum Gasteiger partial charge on any atom is 0.257 e. The third-order valence-corrected chi connectivity index (χ3v) is 4.31. The number of aromatic nitrogens is 5. The second-order valence-electron chi connectivity index (χ2n) is 4.98. The average molecular weight is 324 g/mol. The van der Waals surface area contributed by atoms with E-state index in [0.717, 1.165) is 16.0 Å². The van der Waals surface area contributed by atoms with Crippen molar-refractivity contribution in [3.63, 3.8) is 0 Å². The monoisotopic (exact) mass is 324 g/mol. The maximum absolute atomic E-state index is 12.7. The van der Waals surface area contributed by atoms with Gasteiger partial charge < -0.3 is 9.88 Å². The predicted molar refractivity (Wildman–Crippen MR) is 88.4 cm³/mol. The molecule has 0 atom stereocenters. The van der Waals surface area contributed by atoms with Gasteiger partial charge in [-0.1, -0.05) is 6.07 Å². The Hall–Kier alpha value is -3.00. The lowest BCUT2D eigenvalue weighted by atomic mass is 10.1. The second kappa shape index (κ2) is 5.33. The molecule has 3 aromatic heterocycles. The second-order valence-corrected chi connectivity index (χ2v) is 5.87. The number of hydrogen-bond donors (Lipinski definition) is 2. The first-order valence-corrected chi connectivity index (χ1v) is 7.76.